The smallest absolute Gasteiger partial charge is 0.231 e. The van der Waals surface area contributed by atoms with Gasteiger partial charge in [-0.1, -0.05) is 17.7 Å². The molecule has 0 radical (unpaired) electrons. The van der Waals surface area contributed by atoms with Crippen LogP contribution in [0.25, 0.3) is 0 Å². The van der Waals surface area contributed by atoms with Crippen LogP contribution in [0.3, 0.4) is 0 Å². The number of Topliss-reactive ketones (excluding diaryl/α,β-unsaturated/α-hetero) is 1. The predicted molar refractivity (Wildman–Crippen MR) is 64.9 cm³/mol. The Kier molecular flexibility index (Phi) is 4.07. The summed E-state index contributed by atoms with van der Waals surface area (Å²) in [7, 11) is 0. The molecule has 0 atom stereocenters. The van der Waals surface area contributed by atoms with E-state index in [0.717, 1.165) is 11.1 Å². The first-order valence-electron chi connectivity index (χ1n) is 4.96. The Labute approximate surface area is 99.8 Å². The number of carbonyl (C=O) groups excluding carboxylic acids is 2. The maximum Gasteiger partial charge on any atom is 0.231 e. The van der Waals surface area contributed by atoms with Crippen LogP contribution in [-0.2, 0) is 9.59 Å². The third-order valence-electron chi connectivity index (χ3n) is 2.11. The largest absolute Gasteiger partial charge is 0.324 e. The predicted octanol–water partition coefficient (Wildman–Crippen LogP) is 2.87. The molecule has 3 nitrogen and oxygen atoms in total. The Morgan fingerprint density at radius 3 is 2.44 bits per heavy atom. The summed E-state index contributed by atoms with van der Waals surface area (Å²) >= 11 is 6.02. The first kappa shape index (κ1) is 12.7. The second kappa shape index (κ2) is 5.12. The summed E-state index contributed by atoms with van der Waals surface area (Å²) in [5.41, 5.74) is 2.51. The normalized spacial score (nSPS) is 10.0. The zero-order valence-corrected chi connectivity index (χ0v) is 10.3. The first-order valence-corrected chi connectivity index (χ1v) is 5.34. The number of halogens is 1. The summed E-state index contributed by atoms with van der Waals surface area (Å²) in [4.78, 5) is 22.2. The van der Waals surface area contributed by atoms with E-state index < -0.39 is 0 Å². The molecule has 1 aromatic carbocycles. The molecule has 0 aliphatic rings. The van der Waals surface area contributed by atoms with Gasteiger partial charge in [-0.3, -0.25) is 9.59 Å². The van der Waals surface area contributed by atoms with Crippen molar-refractivity contribution in [3.63, 3.8) is 0 Å². The number of anilines is 1. The van der Waals surface area contributed by atoms with Crippen LogP contribution in [0.1, 0.15) is 24.5 Å². The van der Waals surface area contributed by atoms with Gasteiger partial charge in [0.1, 0.15) is 5.78 Å². The van der Waals surface area contributed by atoms with Gasteiger partial charge >= 0.3 is 0 Å². The highest BCUT2D eigenvalue weighted by Crippen LogP contribution is 2.27. The zero-order valence-electron chi connectivity index (χ0n) is 9.56. The maximum absolute atomic E-state index is 11.4. The fourth-order valence-corrected chi connectivity index (χ4v) is 1.85. The minimum Gasteiger partial charge on any atom is -0.324 e. The number of amides is 1. The quantitative estimate of drug-likeness (QED) is 0.825. The summed E-state index contributed by atoms with van der Waals surface area (Å²) in [6, 6.07) is 3.70. The van der Waals surface area contributed by atoms with E-state index in [2.05, 4.69) is 5.32 Å². The van der Waals surface area contributed by atoms with E-state index in [9.17, 15) is 9.59 Å². The lowest BCUT2D eigenvalue weighted by Gasteiger charge is -2.10. The standard InChI is InChI=1S/C12H14ClNO2/c1-7-4-8(2)12(10(13)5-7)14-11(16)6-9(3)15/h4-5H,6H2,1-3H3,(H,14,16). The highest BCUT2D eigenvalue weighted by atomic mass is 35.5. The second-order valence-electron chi connectivity index (χ2n) is 3.87. The van der Waals surface area contributed by atoms with Gasteiger partial charge in [0.05, 0.1) is 17.1 Å². The van der Waals surface area contributed by atoms with Crippen LogP contribution in [0.4, 0.5) is 5.69 Å². The Morgan fingerprint density at radius 1 is 1.31 bits per heavy atom. The van der Waals surface area contributed by atoms with Crippen LogP contribution in [0.15, 0.2) is 12.1 Å². The molecule has 0 spiro atoms. The molecule has 0 aromatic heterocycles. The van der Waals surface area contributed by atoms with Crippen LogP contribution in [0.5, 0.6) is 0 Å². The zero-order chi connectivity index (χ0) is 12.3. The van der Waals surface area contributed by atoms with Crippen molar-refractivity contribution < 1.29 is 9.59 Å². The lowest BCUT2D eigenvalue weighted by molar-refractivity contribution is -0.124. The van der Waals surface area contributed by atoms with E-state index in [4.69, 9.17) is 11.6 Å². The summed E-state index contributed by atoms with van der Waals surface area (Å²) in [5, 5.41) is 3.14. The number of hydrogen-bond donors (Lipinski definition) is 1. The van der Waals surface area contributed by atoms with Gasteiger partial charge in [-0.2, -0.15) is 0 Å². The molecule has 0 saturated heterocycles. The van der Waals surface area contributed by atoms with Gasteiger partial charge in [-0.25, -0.2) is 0 Å². The number of ketones is 1. The number of benzene rings is 1. The molecule has 16 heavy (non-hydrogen) atoms. The fraction of sp³-hybridized carbons (Fsp3) is 0.333. The molecule has 1 N–H and O–H groups in total. The van der Waals surface area contributed by atoms with Crippen LogP contribution in [0, 0.1) is 13.8 Å². The summed E-state index contributed by atoms with van der Waals surface area (Å²) in [5.74, 6) is -0.500. The van der Waals surface area contributed by atoms with E-state index in [-0.39, 0.29) is 18.1 Å². The van der Waals surface area contributed by atoms with Crippen molar-refractivity contribution >= 4 is 29.0 Å². The van der Waals surface area contributed by atoms with Crippen LogP contribution in [-0.4, -0.2) is 11.7 Å². The van der Waals surface area contributed by atoms with Gasteiger partial charge in [0.2, 0.25) is 5.91 Å². The van der Waals surface area contributed by atoms with Gasteiger partial charge in [0.15, 0.2) is 0 Å². The Bertz CT molecular complexity index is 418. The molecule has 1 amide bonds. The minimum absolute atomic E-state index is 0.121. The molecule has 0 unspecified atom stereocenters. The third-order valence-corrected chi connectivity index (χ3v) is 2.40. The number of rotatable bonds is 3. The van der Waals surface area contributed by atoms with Crippen molar-refractivity contribution in [1.29, 1.82) is 0 Å². The van der Waals surface area contributed by atoms with E-state index in [1.54, 1.807) is 6.07 Å². The maximum atomic E-state index is 11.4. The third kappa shape index (κ3) is 3.35. The average molecular weight is 240 g/mol. The summed E-state index contributed by atoms with van der Waals surface area (Å²) in [6.07, 6.45) is -0.121. The molecule has 0 aliphatic heterocycles. The lowest BCUT2D eigenvalue weighted by Crippen LogP contribution is -2.15. The molecule has 4 heteroatoms. The molecule has 0 aliphatic carbocycles. The Hall–Kier alpha value is -1.35. The van der Waals surface area contributed by atoms with Crippen LogP contribution < -0.4 is 5.32 Å². The fourth-order valence-electron chi connectivity index (χ4n) is 1.48. The minimum atomic E-state index is -0.332. The number of hydrogen-bond acceptors (Lipinski definition) is 2. The molecular formula is C12H14ClNO2. The van der Waals surface area contributed by atoms with Crippen LogP contribution >= 0.6 is 11.6 Å². The summed E-state index contributed by atoms with van der Waals surface area (Å²) < 4.78 is 0. The molecule has 0 fully saturated rings. The van der Waals surface area contributed by atoms with Crippen molar-refractivity contribution in [3.8, 4) is 0 Å². The number of aryl methyl sites for hydroxylation is 2. The van der Waals surface area contributed by atoms with Crippen LogP contribution in [0.2, 0.25) is 5.02 Å². The SMILES string of the molecule is CC(=O)CC(=O)Nc1c(C)cc(C)cc1Cl. The highest BCUT2D eigenvalue weighted by molar-refractivity contribution is 6.34. The van der Waals surface area contributed by atoms with E-state index >= 15 is 0 Å². The topological polar surface area (TPSA) is 46.2 Å². The van der Waals surface area contributed by atoms with Gasteiger partial charge in [0, 0.05) is 0 Å². The monoisotopic (exact) mass is 239 g/mol. The van der Waals surface area contributed by atoms with Crippen molar-refractivity contribution in [2.45, 2.75) is 27.2 Å². The van der Waals surface area contributed by atoms with Crippen molar-refractivity contribution in [2.24, 2.45) is 0 Å². The first-order chi connectivity index (χ1) is 7.40. The lowest BCUT2D eigenvalue weighted by atomic mass is 10.1. The van der Waals surface area contributed by atoms with Crippen molar-refractivity contribution in [1.82, 2.24) is 0 Å². The van der Waals surface area contributed by atoms with Crippen molar-refractivity contribution in [2.75, 3.05) is 5.32 Å². The van der Waals surface area contributed by atoms with Crippen molar-refractivity contribution in [3.05, 3.63) is 28.3 Å². The molecule has 0 saturated carbocycles. The molecule has 0 heterocycles. The van der Waals surface area contributed by atoms with Gasteiger partial charge in [0.25, 0.3) is 0 Å². The highest BCUT2D eigenvalue weighted by Gasteiger charge is 2.10. The number of carbonyl (C=O) groups is 2. The Balaban J connectivity index is 2.89. The molecular weight excluding hydrogens is 226 g/mol. The van der Waals surface area contributed by atoms with Gasteiger partial charge in [-0.05, 0) is 38.0 Å². The molecule has 0 bridgehead atoms. The molecule has 1 rings (SSSR count). The van der Waals surface area contributed by atoms with Gasteiger partial charge < -0.3 is 5.32 Å². The van der Waals surface area contributed by atoms with Gasteiger partial charge in [-0.15, -0.1) is 0 Å². The van der Waals surface area contributed by atoms with E-state index in [1.165, 1.54) is 6.92 Å². The molecule has 1 aromatic rings. The average Bonchev–Trinajstić information content (AvgIpc) is 2.09. The molecule has 86 valence electrons. The summed E-state index contributed by atoms with van der Waals surface area (Å²) in [6.45, 7) is 5.17. The Morgan fingerprint density at radius 2 is 1.94 bits per heavy atom. The second-order valence-corrected chi connectivity index (χ2v) is 4.27. The number of nitrogens with one attached hydrogen (secondary N) is 1. The van der Waals surface area contributed by atoms with E-state index in [1.807, 2.05) is 19.9 Å². The van der Waals surface area contributed by atoms with E-state index in [0.29, 0.717) is 10.7 Å².